The Balaban J connectivity index is 2.33. The van der Waals surface area contributed by atoms with E-state index in [0.29, 0.717) is 6.54 Å². The summed E-state index contributed by atoms with van der Waals surface area (Å²) in [5.41, 5.74) is 1.16. The van der Waals surface area contributed by atoms with E-state index < -0.39 is 0 Å². The number of hydrogen-bond acceptors (Lipinski definition) is 4. The van der Waals surface area contributed by atoms with Crippen LogP contribution in [0.15, 0.2) is 15.2 Å². The highest BCUT2D eigenvalue weighted by atomic mass is 79.9. The third-order valence-electron chi connectivity index (χ3n) is 1.66. The lowest BCUT2D eigenvalue weighted by atomic mass is 10.3. The van der Waals surface area contributed by atoms with Crippen molar-refractivity contribution in [2.45, 2.75) is 12.6 Å². The molecular formula is C8H12BrNO2S. The van der Waals surface area contributed by atoms with Gasteiger partial charge in [0.05, 0.1) is 23.0 Å². The fourth-order valence-corrected chi connectivity index (χ4v) is 2.10. The summed E-state index contributed by atoms with van der Waals surface area (Å²) >= 11 is 4.99. The van der Waals surface area contributed by atoms with Crippen LogP contribution in [0.25, 0.3) is 0 Å². The first-order chi connectivity index (χ1) is 6.26. The Morgan fingerprint density at radius 3 is 2.62 bits per heavy atom. The minimum absolute atomic E-state index is 0.0399. The van der Waals surface area contributed by atoms with Gasteiger partial charge in [0.1, 0.15) is 0 Å². The molecule has 0 aliphatic heterocycles. The molecule has 0 radical (unpaired) electrons. The molecule has 5 heteroatoms. The van der Waals surface area contributed by atoms with Crippen LogP contribution in [0.3, 0.4) is 0 Å². The molecule has 0 aromatic carbocycles. The maximum Gasteiger partial charge on any atom is 0.0701 e. The van der Waals surface area contributed by atoms with Gasteiger partial charge in [0.2, 0.25) is 0 Å². The van der Waals surface area contributed by atoms with Gasteiger partial charge < -0.3 is 15.5 Å². The van der Waals surface area contributed by atoms with Gasteiger partial charge in [-0.05, 0) is 32.9 Å². The molecule has 3 N–H and O–H groups in total. The van der Waals surface area contributed by atoms with E-state index in [0.717, 1.165) is 9.35 Å². The highest BCUT2D eigenvalue weighted by molar-refractivity contribution is 9.11. The summed E-state index contributed by atoms with van der Waals surface area (Å²) in [6.45, 7) is 0.595. The molecule has 0 fully saturated rings. The molecule has 0 aliphatic carbocycles. The number of hydrogen-bond donors (Lipinski definition) is 3. The molecule has 74 valence electrons. The van der Waals surface area contributed by atoms with Crippen LogP contribution < -0.4 is 5.32 Å². The Bertz CT molecular complexity index is 250. The molecule has 0 spiro atoms. The molecule has 0 amide bonds. The Morgan fingerprint density at radius 1 is 1.46 bits per heavy atom. The van der Waals surface area contributed by atoms with E-state index in [4.69, 9.17) is 10.2 Å². The number of aliphatic hydroxyl groups is 2. The molecule has 0 saturated heterocycles. The summed E-state index contributed by atoms with van der Waals surface area (Å²) in [7, 11) is 0. The van der Waals surface area contributed by atoms with Crippen LogP contribution in [-0.2, 0) is 6.54 Å². The molecular weight excluding hydrogens is 254 g/mol. The summed E-state index contributed by atoms with van der Waals surface area (Å²) in [6, 6.07) is 1.79. The normalized spacial score (nSPS) is 11.1. The number of rotatable bonds is 5. The lowest BCUT2D eigenvalue weighted by Gasteiger charge is -2.11. The summed E-state index contributed by atoms with van der Waals surface area (Å²) < 4.78 is 1.09. The van der Waals surface area contributed by atoms with Gasteiger partial charge in [-0.1, -0.05) is 0 Å². The van der Waals surface area contributed by atoms with Crippen molar-refractivity contribution in [1.82, 2.24) is 5.32 Å². The van der Waals surface area contributed by atoms with E-state index in [1.165, 1.54) is 0 Å². The summed E-state index contributed by atoms with van der Waals surface area (Å²) in [4.78, 5) is 0. The predicted octanol–water partition coefficient (Wildman–Crippen LogP) is 0.953. The average molecular weight is 266 g/mol. The van der Waals surface area contributed by atoms with Crippen LogP contribution in [0.4, 0.5) is 0 Å². The van der Waals surface area contributed by atoms with Crippen molar-refractivity contribution >= 4 is 27.3 Å². The zero-order valence-corrected chi connectivity index (χ0v) is 9.44. The van der Waals surface area contributed by atoms with E-state index in [1.807, 2.05) is 11.4 Å². The van der Waals surface area contributed by atoms with Gasteiger partial charge >= 0.3 is 0 Å². The average Bonchev–Trinajstić information content (AvgIpc) is 2.53. The van der Waals surface area contributed by atoms with Crippen molar-refractivity contribution in [3.63, 3.8) is 0 Å². The number of thiophene rings is 1. The molecule has 1 aromatic rings. The van der Waals surface area contributed by atoms with Crippen molar-refractivity contribution in [3.8, 4) is 0 Å². The van der Waals surface area contributed by atoms with Gasteiger partial charge in [-0.2, -0.15) is 0 Å². The molecule has 0 saturated carbocycles. The highest BCUT2D eigenvalue weighted by Crippen LogP contribution is 2.20. The zero-order valence-electron chi connectivity index (χ0n) is 7.03. The second-order valence-corrected chi connectivity index (χ2v) is 4.99. The maximum atomic E-state index is 8.78. The second kappa shape index (κ2) is 5.72. The lowest BCUT2D eigenvalue weighted by molar-refractivity contribution is 0.170. The van der Waals surface area contributed by atoms with Crippen molar-refractivity contribution in [2.24, 2.45) is 0 Å². The van der Waals surface area contributed by atoms with E-state index in [9.17, 15) is 0 Å². The first-order valence-corrected chi connectivity index (χ1v) is 5.61. The number of aliphatic hydroxyl groups excluding tert-OH is 2. The molecule has 1 rings (SSSR count). The number of nitrogens with one attached hydrogen (secondary N) is 1. The van der Waals surface area contributed by atoms with Crippen molar-refractivity contribution < 1.29 is 10.2 Å². The van der Waals surface area contributed by atoms with Crippen LogP contribution in [0.2, 0.25) is 0 Å². The molecule has 0 bridgehead atoms. The zero-order chi connectivity index (χ0) is 9.68. The van der Waals surface area contributed by atoms with Gasteiger partial charge in [-0.25, -0.2) is 0 Å². The van der Waals surface area contributed by atoms with E-state index in [-0.39, 0.29) is 19.3 Å². The van der Waals surface area contributed by atoms with Crippen LogP contribution >= 0.6 is 27.3 Å². The van der Waals surface area contributed by atoms with Gasteiger partial charge in [0, 0.05) is 6.54 Å². The summed E-state index contributed by atoms with van der Waals surface area (Å²) in [6.07, 6.45) is 0. The van der Waals surface area contributed by atoms with E-state index >= 15 is 0 Å². The summed E-state index contributed by atoms with van der Waals surface area (Å²) in [5, 5.41) is 22.6. The molecule has 0 atom stereocenters. The fraction of sp³-hybridized carbons (Fsp3) is 0.500. The highest BCUT2D eigenvalue weighted by Gasteiger charge is 2.04. The maximum absolute atomic E-state index is 8.78. The molecule has 3 nitrogen and oxygen atoms in total. The number of halogens is 1. The Hall–Kier alpha value is 0.0600. The lowest BCUT2D eigenvalue weighted by Crippen LogP contribution is -2.35. The van der Waals surface area contributed by atoms with Crippen LogP contribution in [0.5, 0.6) is 0 Å². The van der Waals surface area contributed by atoms with Crippen molar-refractivity contribution in [2.75, 3.05) is 13.2 Å². The smallest absolute Gasteiger partial charge is 0.0701 e. The van der Waals surface area contributed by atoms with Crippen LogP contribution in [-0.4, -0.2) is 29.5 Å². The van der Waals surface area contributed by atoms with Crippen LogP contribution in [0.1, 0.15) is 5.56 Å². The van der Waals surface area contributed by atoms with Crippen molar-refractivity contribution in [1.29, 1.82) is 0 Å². The van der Waals surface area contributed by atoms with Gasteiger partial charge in [-0.3, -0.25) is 0 Å². The third-order valence-corrected chi connectivity index (χ3v) is 3.21. The van der Waals surface area contributed by atoms with E-state index in [2.05, 4.69) is 21.2 Å². The molecule has 0 unspecified atom stereocenters. The Labute approximate surface area is 89.5 Å². The predicted molar refractivity (Wildman–Crippen MR) is 56.8 cm³/mol. The molecule has 1 aromatic heterocycles. The molecule has 13 heavy (non-hydrogen) atoms. The topological polar surface area (TPSA) is 52.5 Å². The second-order valence-electron chi connectivity index (χ2n) is 2.70. The quantitative estimate of drug-likeness (QED) is 0.744. The van der Waals surface area contributed by atoms with Crippen molar-refractivity contribution in [3.05, 3.63) is 20.8 Å². The Morgan fingerprint density at radius 2 is 2.15 bits per heavy atom. The SMILES string of the molecule is OCC(CO)NCc1csc(Br)c1. The van der Waals surface area contributed by atoms with E-state index in [1.54, 1.807) is 11.3 Å². The largest absolute Gasteiger partial charge is 0.395 e. The standard InChI is InChI=1S/C8H12BrNO2S/c9-8-1-6(5-13-8)2-10-7(3-11)4-12/h1,5,7,10-12H,2-4H2. The Kier molecular flexibility index (Phi) is 4.90. The first kappa shape index (κ1) is 11.1. The minimum Gasteiger partial charge on any atom is -0.395 e. The first-order valence-electron chi connectivity index (χ1n) is 3.94. The molecule has 0 aliphatic rings. The van der Waals surface area contributed by atoms with Gasteiger partial charge in [-0.15, -0.1) is 11.3 Å². The van der Waals surface area contributed by atoms with Gasteiger partial charge in [0.15, 0.2) is 0 Å². The van der Waals surface area contributed by atoms with Crippen LogP contribution in [0, 0.1) is 0 Å². The van der Waals surface area contributed by atoms with Gasteiger partial charge in [0.25, 0.3) is 0 Å². The third kappa shape index (κ3) is 3.74. The summed E-state index contributed by atoms with van der Waals surface area (Å²) in [5.74, 6) is 0. The monoisotopic (exact) mass is 265 g/mol. The molecule has 1 heterocycles. The fourth-order valence-electron chi connectivity index (χ4n) is 0.888. The minimum atomic E-state index is -0.223.